The van der Waals surface area contributed by atoms with E-state index in [9.17, 15) is 9.90 Å². The summed E-state index contributed by atoms with van der Waals surface area (Å²) in [5, 5.41) is 10.3. The number of methoxy groups -OCH3 is 1. The molecule has 2 aromatic rings. The number of aliphatic hydroxyl groups excluding tert-OH is 1. The summed E-state index contributed by atoms with van der Waals surface area (Å²) in [7, 11) is 1.65. The van der Waals surface area contributed by atoms with Gasteiger partial charge in [-0.2, -0.15) is 0 Å². The second kappa shape index (κ2) is 10.4. The summed E-state index contributed by atoms with van der Waals surface area (Å²) in [6.07, 6.45) is -0.475. The lowest BCUT2D eigenvalue weighted by atomic mass is 10.1. The molecule has 1 saturated heterocycles. The van der Waals surface area contributed by atoms with Crippen LogP contribution in [0.25, 0.3) is 0 Å². The molecule has 6 nitrogen and oxygen atoms in total. The lowest BCUT2D eigenvalue weighted by Crippen LogP contribution is -3.16. The Labute approximate surface area is 172 Å². The van der Waals surface area contributed by atoms with Gasteiger partial charge in [-0.1, -0.05) is 12.1 Å². The minimum absolute atomic E-state index is 0.0911. The topological polar surface area (TPSA) is 63.4 Å². The van der Waals surface area contributed by atoms with Gasteiger partial charge in [-0.25, -0.2) is 0 Å². The largest absolute Gasteiger partial charge is 0.497 e. The Morgan fingerprint density at radius 1 is 1.17 bits per heavy atom. The zero-order valence-electron chi connectivity index (χ0n) is 17.3. The van der Waals surface area contributed by atoms with Crippen LogP contribution in [0.3, 0.4) is 0 Å². The van der Waals surface area contributed by atoms with Crippen molar-refractivity contribution in [2.24, 2.45) is 0 Å². The standard InChI is InChI=1S/C23H30N2O4/c1-18(26)20-6-8-21(9-7-20)25-12-10-24(11-13-25)15-22(27)17-29-16-19-4-3-5-23(14-19)28-2/h3-9,14,22,27H,10-13,15-17H2,1-2H3/p+1/t22-/m1/s1. The number of carbonyl (C=O) groups is 1. The first-order chi connectivity index (χ1) is 14.0. The molecule has 1 aliphatic heterocycles. The number of anilines is 1. The average molecular weight is 400 g/mol. The van der Waals surface area contributed by atoms with Crippen molar-refractivity contribution in [3.8, 4) is 5.75 Å². The second-order valence-corrected chi connectivity index (χ2v) is 7.56. The van der Waals surface area contributed by atoms with E-state index in [1.165, 1.54) is 4.90 Å². The highest BCUT2D eigenvalue weighted by Gasteiger charge is 2.22. The van der Waals surface area contributed by atoms with E-state index < -0.39 is 6.10 Å². The summed E-state index contributed by atoms with van der Waals surface area (Å²) in [6.45, 7) is 6.89. The molecule has 0 radical (unpaired) electrons. The number of benzene rings is 2. The number of ketones is 1. The van der Waals surface area contributed by atoms with Gasteiger partial charge in [-0.05, 0) is 48.9 Å². The Bertz CT molecular complexity index is 786. The van der Waals surface area contributed by atoms with Crippen LogP contribution >= 0.6 is 0 Å². The summed E-state index contributed by atoms with van der Waals surface area (Å²) < 4.78 is 10.9. The fourth-order valence-electron chi connectivity index (χ4n) is 3.66. The molecule has 6 heteroatoms. The number of nitrogens with zero attached hydrogens (tertiary/aromatic N) is 1. The number of aliphatic hydroxyl groups is 1. The summed E-state index contributed by atoms with van der Waals surface area (Å²) in [6, 6.07) is 15.6. The maximum atomic E-state index is 11.4. The maximum absolute atomic E-state index is 11.4. The van der Waals surface area contributed by atoms with Crippen molar-refractivity contribution in [1.82, 2.24) is 0 Å². The van der Waals surface area contributed by atoms with Gasteiger partial charge in [0.25, 0.3) is 0 Å². The molecule has 1 aliphatic rings. The Balaban J connectivity index is 1.38. The van der Waals surface area contributed by atoms with E-state index >= 15 is 0 Å². The van der Waals surface area contributed by atoms with Gasteiger partial charge in [0.05, 0.1) is 46.5 Å². The van der Waals surface area contributed by atoms with Crippen molar-refractivity contribution in [2.45, 2.75) is 19.6 Å². The van der Waals surface area contributed by atoms with Gasteiger partial charge in [0.2, 0.25) is 0 Å². The molecule has 1 atom stereocenters. The van der Waals surface area contributed by atoms with Crippen molar-refractivity contribution in [3.63, 3.8) is 0 Å². The summed E-state index contributed by atoms with van der Waals surface area (Å²) in [5.74, 6) is 0.901. The Hall–Kier alpha value is -2.41. The number of nitrogens with one attached hydrogen (secondary N) is 1. The summed E-state index contributed by atoms with van der Waals surface area (Å²) >= 11 is 0. The summed E-state index contributed by atoms with van der Waals surface area (Å²) in [4.78, 5) is 15.1. The molecule has 0 aliphatic carbocycles. The number of quaternary nitrogens is 1. The molecule has 3 rings (SSSR count). The number of hydrogen-bond donors (Lipinski definition) is 2. The van der Waals surface area contributed by atoms with E-state index in [2.05, 4.69) is 4.90 Å². The van der Waals surface area contributed by atoms with Crippen LogP contribution in [0.5, 0.6) is 5.75 Å². The smallest absolute Gasteiger partial charge is 0.159 e. The first-order valence-electron chi connectivity index (χ1n) is 10.1. The minimum atomic E-state index is -0.475. The minimum Gasteiger partial charge on any atom is -0.497 e. The van der Waals surface area contributed by atoms with Crippen molar-refractivity contribution in [2.75, 3.05) is 51.3 Å². The zero-order chi connectivity index (χ0) is 20.6. The van der Waals surface area contributed by atoms with E-state index in [1.807, 2.05) is 48.5 Å². The van der Waals surface area contributed by atoms with E-state index in [1.54, 1.807) is 14.0 Å². The average Bonchev–Trinajstić information content (AvgIpc) is 2.74. The normalized spacial score (nSPS) is 15.9. The molecule has 0 unspecified atom stereocenters. The lowest BCUT2D eigenvalue weighted by Gasteiger charge is -2.34. The number of ether oxygens (including phenoxy) is 2. The van der Waals surface area contributed by atoms with Gasteiger partial charge in [0, 0.05) is 11.3 Å². The highest BCUT2D eigenvalue weighted by molar-refractivity contribution is 5.94. The Morgan fingerprint density at radius 2 is 1.90 bits per heavy atom. The van der Waals surface area contributed by atoms with Crippen LogP contribution < -0.4 is 14.5 Å². The van der Waals surface area contributed by atoms with Gasteiger partial charge >= 0.3 is 0 Å². The van der Waals surface area contributed by atoms with Crippen LogP contribution in [0, 0.1) is 0 Å². The van der Waals surface area contributed by atoms with E-state index in [0.29, 0.717) is 19.8 Å². The van der Waals surface area contributed by atoms with Crippen LogP contribution in [0.4, 0.5) is 5.69 Å². The molecule has 0 spiro atoms. The second-order valence-electron chi connectivity index (χ2n) is 7.56. The molecule has 156 valence electrons. The molecular weight excluding hydrogens is 368 g/mol. The van der Waals surface area contributed by atoms with Gasteiger partial charge in [-0.3, -0.25) is 4.79 Å². The Morgan fingerprint density at radius 3 is 2.55 bits per heavy atom. The molecule has 29 heavy (non-hydrogen) atoms. The maximum Gasteiger partial charge on any atom is 0.159 e. The monoisotopic (exact) mass is 399 g/mol. The third-order valence-corrected chi connectivity index (χ3v) is 5.35. The SMILES string of the molecule is COc1cccc(COC[C@H](O)C[NH+]2CCN(c3ccc(C(C)=O)cc3)CC2)c1. The van der Waals surface area contributed by atoms with Gasteiger partial charge < -0.3 is 24.4 Å². The van der Waals surface area contributed by atoms with Crippen molar-refractivity contribution in [3.05, 3.63) is 59.7 Å². The number of Topliss-reactive ketones (excluding diaryl/α,β-unsaturated/α-hetero) is 1. The number of piperazine rings is 1. The molecule has 1 fully saturated rings. The van der Waals surface area contributed by atoms with Gasteiger partial charge in [0.15, 0.2) is 5.78 Å². The third-order valence-electron chi connectivity index (χ3n) is 5.35. The molecule has 0 bridgehead atoms. The van der Waals surface area contributed by atoms with Crippen molar-refractivity contribution >= 4 is 11.5 Å². The van der Waals surface area contributed by atoms with E-state index in [4.69, 9.17) is 9.47 Å². The lowest BCUT2D eigenvalue weighted by molar-refractivity contribution is -0.903. The van der Waals surface area contributed by atoms with Crippen LogP contribution in [0.15, 0.2) is 48.5 Å². The third kappa shape index (κ3) is 6.29. The van der Waals surface area contributed by atoms with Crippen LogP contribution in [-0.2, 0) is 11.3 Å². The van der Waals surface area contributed by atoms with Crippen molar-refractivity contribution < 1.29 is 24.3 Å². The molecule has 2 N–H and O–H groups in total. The molecule has 0 amide bonds. The van der Waals surface area contributed by atoms with Crippen LogP contribution in [0.2, 0.25) is 0 Å². The number of carbonyl (C=O) groups excluding carboxylic acids is 1. The van der Waals surface area contributed by atoms with Crippen LogP contribution in [0.1, 0.15) is 22.8 Å². The first-order valence-corrected chi connectivity index (χ1v) is 10.1. The highest BCUT2D eigenvalue weighted by Crippen LogP contribution is 2.16. The fourth-order valence-corrected chi connectivity index (χ4v) is 3.66. The van der Waals surface area contributed by atoms with E-state index in [0.717, 1.165) is 48.7 Å². The quantitative estimate of drug-likeness (QED) is 0.620. The molecular formula is C23H31N2O4+. The van der Waals surface area contributed by atoms with Gasteiger partial charge in [0.1, 0.15) is 18.4 Å². The van der Waals surface area contributed by atoms with Crippen LogP contribution in [-0.4, -0.2) is 63.4 Å². The van der Waals surface area contributed by atoms with Crippen molar-refractivity contribution in [1.29, 1.82) is 0 Å². The Kier molecular flexibility index (Phi) is 7.63. The predicted octanol–water partition coefficient (Wildman–Crippen LogP) is 1.18. The predicted molar refractivity (Wildman–Crippen MR) is 113 cm³/mol. The van der Waals surface area contributed by atoms with Gasteiger partial charge in [-0.15, -0.1) is 0 Å². The highest BCUT2D eigenvalue weighted by atomic mass is 16.5. The molecule has 0 aromatic heterocycles. The first kappa shape index (κ1) is 21.3. The summed E-state index contributed by atoms with van der Waals surface area (Å²) in [5.41, 5.74) is 2.93. The number of rotatable bonds is 9. The molecule has 1 heterocycles. The van der Waals surface area contributed by atoms with E-state index in [-0.39, 0.29) is 5.78 Å². The molecule has 0 saturated carbocycles. The fraction of sp³-hybridized carbons (Fsp3) is 0.435. The molecule has 2 aromatic carbocycles. The zero-order valence-corrected chi connectivity index (χ0v) is 17.3. The number of hydrogen-bond acceptors (Lipinski definition) is 5.